The highest BCUT2D eigenvalue weighted by atomic mass is 32.2. The molecule has 0 saturated carbocycles. The average Bonchev–Trinajstić information content (AvgIpc) is 2.91. The van der Waals surface area contributed by atoms with Gasteiger partial charge in [-0.2, -0.15) is 0 Å². The predicted octanol–water partition coefficient (Wildman–Crippen LogP) is 3.35. The molecule has 3 aromatic carbocycles. The molecule has 8 nitrogen and oxygen atoms in total. The highest BCUT2D eigenvalue weighted by Crippen LogP contribution is 2.27. The van der Waals surface area contributed by atoms with Crippen molar-refractivity contribution in [3.8, 4) is 5.75 Å². The summed E-state index contributed by atoms with van der Waals surface area (Å²) in [5, 5.41) is 2.88. The number of morpholine rings is 1. The van der Waals surface area contributed by atoms with Crippen molar-refractivity contribution < 1.29 is 22.7 Å². The van der Waals surface area contributed by atoms with Crippen molar-refractivity contribution >= 4 is 21.6 Å². The largest absolute Gasteiger partial charge is 0.497 e. The van der Waals surface area contributed by atoms with Gasteiger partial charge in [-0.1, -0.05) is 48.0 Å². The van der Waals surface area contributed by atoms with Crippen LogP contribution in [0.4, 0.5) is 5.69 Å². The van der Waals surface area contributed by atoms with Gasteiger partial charge in [-0.25, -0.2) is 8.42 Å². The third kappa shape index (κ3) is 7.09. The van der Waals surface area contributed by atoms with Gasteiger partial charge in [0, 0.05) is 32.2 Å². The first-order chi connectivity index (χ1) is 17.8. The van der Waals surface area contributed by atoms with E-state index in [9.17, 15) is 13.2 Å². The van der Waals surface area contributed by atoms with Crippen molar-refractivity contribution in [2.45, 2.75) is 24.9 Å². The van der Waals surface area contributed by atoms with Crippen LogP contribution in [-0.4, -0.2) is 59.2 Å². The smallest absolute Gasteiger partial charge is 0.264 e. The molecule has 196 valence electrons. The predicted molar refractivity (Wildman–Crippen MR) is 143 cm³/mol. The molecule has 1 heterocycles. The Morgan fingerprint density at radius 1 is 1.00 bits per heavy atom. The van der Waals surface area contributed by atoms with Gasteiger partial charge in [0.25, 0.3) is 10.0 Å². The van der Waals surface area contributed by atoms with E-state index < -0.39 is 15.9 Å². The molecule has 0 bridgehead atoms. The van der Waals surface area contributed by atoms with Crippen molar-refractivity contribution in [3.05, 3.63) is 89.5 Å². The first-order valence-corrected chi connectivity index (χ1v) is 13.7. The monoisotopic (exact) mass is 523 g/mol. The third-order valence-electron chi connectivity index (χ3n) is 6.23. The number of rotatable bonds is 10. The SMILES string of the molecule is COc1cccc(N(CC(=O)NCc2cccc(CN3CCOCC3)c2)S(=O)(=O)c2ccc(C)cc2)c1. The van der Waals surface area contributed by atoms with Gasteiger partial charge in [-0.05, 0) is 42.3 Å². The molecule has 1 amide bonds. The maximum atomic E-state index is 13.6. The normalized spacial score (nSPS) is 14.2. The summed E-state index contributed by atoms with van der Waals surface area (Å²) in [6, 6.07) is 21.3. The van der Waals surface area contributed by atoms with Gasteiger partial charge in [0.1, 0.15) is 12.3 Å². The van der Waals surface area contributed by atoms with Crippen LogP contribution < -0.4 is 14.4 Å². The molecule has 0 radical (unpaired) electrons. The fourth-order valence-corrected chi connectivity index (χ4v) is 5.57. The summed E-state index contributed by atoms with van der Waals surface area (Å²) < 4.78 is 39.0. The number of carbonyl (C=O) groups is 1. The standard InChI is InChI=1S/C28H33N3O5S/c1-22-9-11-27(12-10-22)37(33,34)31(25-7-4-8-26(18-25)35-2)21-28(32)29-19-23-5-3-6-24(17-23)20-30-13-15-36-16-14-30/h3-12,17-18H,13-16,19-21H2,1-2H3,(H,29,32). The molecule has 0 aliphatic carbocycles. The van der Waals surface area contributed by atoms with E-state index in [-0.39, 0.29) is 11.4 Å². The number of amides is 1. The molecule has 37 heavy (non-hydrogen) atoms. The maximum absolute atomic E-state index is 13.6. The summed E-state index contributed by atoms with van der Waals surface area (Å²) >= 11 is 0. The van der Waals surface area contributed by atoms with E-state index in [4.69, 9.17) is 9.47 Å². The Morgan fingerprint density at radius 2 is 1.70 bits per heavy atom. The summed E-state index contributed by atoms with van der Waals surface area (Å²) in [5.74, 6) is 0.0937. The van der Waals surface area contributed by atoms with Crippen LogP contribution >= 0.6 is 0 Å². The van der Waals surface area contributed by atoms with Crippen molar-refractivity contribution in [1.82, 2.24) is 10.2 Å². The highest BCUT2D eigenvalue weighted by molar-refractivity contribution is 7.92. The van der Waals surface area contributed by atoms with E-state index >= 15 is 0 Å². The van der Waals surface area contributed by atoms with Crippen molar-refractivity contribution in [1.29, 1.82) is 0 Å². The Kier molecular flexibility index (Phi) is 8.81. The fraction of sp³-hybridized carbons (Fsp3) is 0.321. The number of methoxy groups -OCH3 is 1. The number of aryl methyl sites for hydroxylation is 1. The van der Waals surface area contributed by atoms with E-state index in [1.807, 2.05) is 19.1 Å². The van der Waals surface area contributed by atoms with Gasteiger partial charge in [0.2, 0.25) is 5.91 Å². The summed E-state index contributed by atoms with van der Waals surface area (Å²) in [6.45, 7) is 5.93. The first kappa shape index (κ1) is 26.7. The molecule has 0 unspecified atom stereocenters. The molecule has 1 aliphatic heterocycles. The van der Waals surface area contributed by atoms with Gasteiger partial charge < -0.3 is 14.8 Å². The zero-order valence-electron chi connectivity index (χ0n) is 21.2. The Bertz CT molecular complexity index is 1310. The molecule has 1 saturated heterocycles. The van der Waals surface area contributed by atoms with Gasteiger partial charge in [-0.15, -0.1) is 0 Å². The Labute approximate surface area is 218 Å². The minimum Gasteiger partial charge on any atom is -0.497 e. The summed E-state index contributed by atoms with van der Waals surface area (Å²) in [4.78, 5) is 15.5. The Hall–Kier alpha value is -3.40. The number of ether oxygens (including phenoxy) is 2. The van der Waals surface area contributed by atoms with Crippen LogP contribution in [-0.2, 0) is 32.6 Å². The molecular weight excluding hydrogens is 490 g/mol. The quantitative estimate of drug-likeness (QED) is 0.439. The lowest BCUT2D eigenvalue weighted by Crippen LogP contribution is -2.40. The number of carbonyl (C=O) groups excluding carboxylic acids is 1. The second-order valence-electron chi connectivity index (χ2n) is 9.01. The van der Waals surface area contributed by atoms with E-state index in [0.717, 1.165) is 53.8 Å². The minimum atomic E-state index is -4.00. The van der Waals surface area contributed by atoms with Crippen LogP contribution in [0.5, 0.6) is 5.75 Å². The molecule has 3 aromatic rings. The van der Waals surface area contributed by atoms with E-state index in [0.29, 0.717) is 18.0 Å². The van der Waals surface area contributed by atoms with Crippen LogP contribution in [0.15, 0.2) is 77.7 Å². The topological polar surface area (TPSA) is 88.2 Å². The lowest BCUT2D eigenvalue weighted by atomic mass is 10.1. The van der Waals surface area contributed by atoms with Crippen molar-refractivity contribution in [3.63, 3.8) is 0 Å². The van der Waals surface area contributed by atoms with Crippen LogP contribution in [0.3, 0.4) is 0 Å². The maximum Gasteiger partial charge on any atom is 0.264 e. The van der Waals surface area contributed by atoms with Gasteiger partial charge in [0.15, 0.2) is 0 Å². The van der Waals surface area contributed by atoms with Crippen molar-refractivity contribution in [2.75, 3.05) is 44.3 Å². The summed E-state index contributed by atoms with van der Waals surface area (Å²) in [6.07, 6.45) is 0. The number of nitrogens with zero attached hydrogens (tertiary/aromatic N) is 2. The number of sulfonamides is 1. The average molecular weight is 524 g/mol. The molecule has 4 rings (SSSR count). The number of hydrogen-bond acceptors (Lipinski definition) is 6. The molecule has 0 spiro atoms. The van der Waals surface area contributed by atoms with Crippen LogP contribution in [0.1, 0.15) is 16.7 Å². The molecule has 1 fully saturated rings. The first-order valence-electron chi connectivity index (χ1n) is 12.2. The molecule has 1 N–H and O–H groups in total. The Balaban J connectivity index is 1.48. The molecule has 9 heteroatoms. The van der Waals surface area contributed by atoms with Gasteiger partial charge in [0.05, 0.1) is 30.9 Å². The minimum absolute atomic E-state index is 0.115. The molecular formula is C28H33N3O5S. The lowest BCUT2D eigenvalue weighted by molar-refractivity contribution is -0.119. The summed E-state index contributed by atoms with van der Waals surface area (Å²) in [5.41, 5.74) is 3.41. The van der Waals surface area contributed by atoms with Crippen molar-refractivity contribution in [2.24, 2.45) is 0 Å². The molecule has 0 aromatic heterocycles. The third-order valence-corrected chi connectivity index (χ3v) is 8.02. The van der Waals surface area contributed by atoms with E-state index in [1.165, 1.54) is 7.11 Å². The molecule has 0 atom stereocenters. The van der Waals surface area contributed by atoms with E-state index in [1.54, 1.807) is 48.5 Å². The fourth-order valence-electron chi connectivity index (χ4n) is 4.16. The zero-order chi connectivity index (χ0) is 26.3. The number of anilines is 1. The number of benzene rings is 3. The van der Waals surface area contributed by atoms with Crippen LogP contribution in [0.25, 0.3) is 0 Å². The second-order valence-corrected chi connectivity index (χ2v) is 10.9. The van der Waals surface area contributed by atoms with E-state index in [2.05, 4.69) is 22.3 Å². The second kappa shape index (κ2) is 12.2. The summed E-state index contributed by atoms with van der Waals surface area (Å²) in [7, 11) is -2.48. The van der Waals surface area contributed by atoms with Crippen LogP contribution in [0, 0.1) is 6.92 Å². The number of hydrogen-bond donors (Lipinski definition) is 1. The highest BCUT2D eigenvalue weighted by Gasteiger charge is 2.27. The lowest BCUT2D eigenvalue weighted by Gasteiger charge is -2.26. The number of nitrogens with one attached hydrogen (secondary N) is 1. The van der Waals surface area contributed by atoms with Gasteiger partial charge in [-0.3, -0.25) is 14.0 Å². The van der Waals surface area contributed by atoms with Crippen LogP contribution in [0.2, 0.25) is 0 Å². The van der Waals surface area contributed by atoms with Gasteiger partial charge >= 0.3 is 0 Å². The Morgan fingerprint density at radius 3 is 2.43 bits per heavy atom. The zero-order valence-corrected chi connectivity index (χ0v) is 22.0. The molecule has 1 aliphatic rings.